The van der Waals surface area contributed by atoms with E-state index >= 15 is 0 Å². The van der Waals surface area contributed by atoms with E-state index in [-0.39, 0.29) is 5.91 Å². The highest BCUT2D eigenvalue weighted by atomic mass is 32.2. The van der Waals surface area contributed by atoms with Crippen molar-refractivity contribution >= 4 is 23.4 Å². The maximum Gasteiger partial charge on any atom is 0.221 e. The van der Waals surface area contributed by atoms with Crippen LogP contribution in [0.3, 0.4) is 0 Å². The molecule has 150 valence electrons. The second-order valence-electron chi connectivity index (χ2n) is 7.14. The maximum absolute atomic E-state index is 11.1. The Morgan fingerprint density at radius 3 is 2.66 bits per heavy atom. The molecule has 2 aromatic heterocycles. The minimum Gasteiger partial charge on any atom is -0.326 e. The first-order valence-electron chi connectivity index (χ1n) is 9.75. The second-order valence-corrected chi connectivity index (χ2v) is 8.46. The lowest BCUT2D eigenvalue weighted by molar-refractivity contribution is -0.114. The lowest BCUT2D eigenvalue weighted by atomic mass is 10.1. The molecule has 1 N–H and O–H groups in total. The standard InChI is InChI=1S/C21H24N6OS/c1-16(28)23-17-5-7-19(8-6-17)27-15-18(24-25-27)14-26-12-9-20(10-13-26)29-21-4-2-3-11-22-21/h2-8,11,15,20H,9-10,12-14H2,1H3,(H,23,28). The van der Waals surface area contributed by atoms with Gasteiger partial charge in [-0.25, -0.2) is 9.67 Å². The van der Waals surface area contributed by atoms with Gasteiger partial charge in [-0.2, -0.15) is 0 Å². The molecule has 1 saturated heterocycles. The average Bonchev–Trinajstić information content (AvgIpc) is 3.19. The van der Waals surface area contributed by atoms with Gasteiger partial charge in [0.25, 0.3) is 0 Å². The molecule has 0 unspecified atom stereocenters. The number of amides is 1. The molecule has 0 aliphatic carbocycles. The van der Waals surface area contributed by atoms with Gasteiger partial charge < -0.3 is 5.32 Å². The van der Waals surface area contributed by atoms with Crippen LogP contribution in [0.2, 0.25) is 0 Å². The number of piperidine rings is 1. The molecule has 0 spiro atoms. The average molecular weight is 409 g/mol. The van der Waals surface area contributed by atoms with Gasteiger partial charge in [0, 0.05) is 30.6 Å². The third-order valence-corrected chi connectivity index (χ3v) is 6.13. The Morgan fingerprint density at radius 1 is 1.17 bits per heavy atom. The fourth-order valence-electron chi connectivity index (χ4n) is 3.40. The Labute approximate surface area is 174 Å². The zero-order valence-electron chi connectivity index (χ0n) is 16.4. The number of rotatable bonds is 6. The van der Waals surface area contributed by atoms with E-state index in [4.69, 9.17) is 0 Å². The van der Waals surface area contributed by atoms with Crippen molar-refractivity contribution in [2.24, 2.45) is 0 Å². The normalized spacial score (nSPS) is 15.3. The molecule has 4 rings (SSSR count). The maximum atomic E-state index is 11.1. The summed E-state index contributed by atoms with van der Waals surface area (Å²) in [6.07, 6.45) is 6.14. The molecule has 0 saturated carbocycles. The van der Waals surface area contributed by atoms with Gasteiger partial charge in [-0.05, 0) is 62.3 Å². The van der Waals surface area contributed by atoms with Crippen molar-refractivity contribution in [3.63, 3.8) is 0 Å². The number of carbonyl (C=O) groups is 1. The first-order valence-corrected chi connectivity index (χ1v) is 10.6. The zero-order valence-corrected chi connectivity index (χ0v) is 17.2. The molecule has 0 radical (unpaired) electrons. The summed E-state index contributed by atoms with van der Waals surface area (Å²) in [5.74, 6) is -0.0806. The van der Waals surface area contributed by atoms with Gasteiger partial charge in [0.1, 0.15) is 0 Å². The van der Waals surface area contributed by atoms with Crippen LogP contribution in [-0.2, 0) is 11.3 Å². The van der Waals surface area contributed by atoms with Crippen LogP contribution < -0.4 is 5.32 Å². The lowest BCUT2D eigenvalue weighted by Gasteiger charge is -2.30. The van der Waals surface area contributed by atoms with E-state index in [1.165, 1.54) is 6.92 Å². The van der Waals surface area contributed by atoms with E-state index in [1.54, 1.807) is 4.68 Å². The van der Waals surface area contributed by atoms with E-state index in [2.05, 4.69) is 31.6 Å². The van der Waals surface area contributed by atoms with E-state index in [0.717, 1.165) is 54.6 Å². The second kappa shape index (κ2) is 9.19. The smallest absolute Gasteiger partial charge is 0.221 e. The molecule has 1 aliphatic heterocycles. The summed E-state index contributed by atoms with van der Waals surface area (Å²) in [4.78, 5) is 18.0. The topological polar surface area (TPSA) is 75.9 Å². The third-order valence-electron chi connectivity index (χ3n) is 4.84. The van der Waals surface area contributed by atoms with Crippen molar-refractivity contribution in [1.29, 1.82) is 0 Å². The summed E-state index contributed by atoms with van der Waals surface area (Å²) in [6.45, 7) is 4.42. The number of hydrogen-bond acceptors (Lipinski definition) is 6. The monoisotopic (exact) mass is 408 g/mol. The number of benzene rings is 1. The van der Waals surface area contributed by atoms with Gasteiger partial charge >= 0.3 is 0 Å². The quantitative estimate of drug-likeness (QED) is 0.674. The highest BCUT2D eigenvalue weighted by Gasteiger charge is 2.21. The molecule has 3 heterocycles. The summed E-state index contributed by atoms with van der Waals surface area (Å²) >= 11 is 1.88. The Hall–Kier alpha value is -2.71. The number of nitrogens with zero attached hydrogens (tertiary/aromatic N) is 5. The summed E-state index contributed by atoms with van der Waals surface area (Å²) in [5.41, 5.74) is 2.66. The largest absolute Gasteiger partial charge is 0.326 e. The number of nitrogens with one attached hydrogen (secondary N) is 1. The van der Waals surface area contributed by atoms with Crippen molar-refractivity contribution in [3.05, 3.63) is 60.6 Å². The van der Waals surface area contributed by atoms with Crippen molar-refractivity contribution in [1.82, 2.24) is 24.9 Å². The highest BCUT2D eigenvalue weighted by molar-refractivity contribution is 7.99. The predicted octanol–water partition coefficient (Wildman–Crippen LogP) is 3.38. The Kier molecular flexibility index (Phi) is 6.21. The van der Waals surface area contributed by atoms with Crippen LogP contribution in [0.25, 0.3) is 5.69 Å². The van der Waals surface area contributed by atoms with Gasteiger partial charge in [0.05, 0.1) is 22.6 Å². The Balaban J connectivity index is 1.29. The van der Waals surface area contributed by atoms with Crippen LogP contribution in [0, 0.1) is 0 Å². The van der Waals surface area contributed by atoms with Crippen LogP contribution in [0.1, 0.15) is 25.5 Å². The molecule has 1 aromatic carbocycles. The number of thioether (sulfide) groups is 1. The summed E-state index contributed by atoms with van der Waals surface area (Å²) in [7, 11) is 0. The molecule has 1 fully saturated rings. The van der Waals surface area contributed by atoms with E-state index in [9.17, 15) is 4.79 Å². The van der Waals surface area contributed by atoms with Gasteiger partial charge in [0.2, 0.25) is 5.91 Å². The molecule has 3 aromatic rings. The number of likely N-dealkylation sites (tertiary alicyclic amines) is 1. The summed E-state index contributed by atoms with van der Waals surface area (Å²) in [6, 6.07) is 13.6. The van der Waals surface area contributed by atoms with E-state index in [0.29, 0.717) is 5.25 Å². The third kappa shape index (κ3) is 5.42. The number of carbonyl (C=O) groups excluding carboxylic acids is 1. The van der Waals surface area contributed by atoms with E-state index in [1.807, 2.05) is 60.6 Å². The van der Waals surface area contributed by atoms with Crippen molar-refractivity contribution in [2.75, 3.05) is 18.4 Å². The molecule has 1 amide bonds. The minimum absolute atomic E-state index is 0.0806. The Bertz CT molecular complexity index is 935. The number of aromatic nitrogens is 4. The number of anilines is 1. The lowest BCUT2D eigenvalue weighted by Crippen LogP contribution is -2.34. The van der Waals surface area contributed by atoms with Gasteiger partial charge in [-0.1, -0.05) is 11.3 Å². The fraction of sp³-hybridized carbons (Fsp3) is 0.333. The van der Waals surface area contributed by atoms with Crippen LogP contribution in [0.5, 0.6) is 0 Å². The van der Waals surface area contributed by atoms with Gasteiger partial charge in [0.15, 0.2) is 0 Å². The molecular formula is C21H24N6OS. The summed E-state index contributed by atoms with van der Waals surface area (Å²) < 4.78 is 1.77. The first kappa shape index (κ1) is 19.6. The first-order chi connectivity index (χ1) is 14.2. The molecular weight excluding hydrogens is 384 g/mol. The summed E-state index contributed by atoms with van der Waals surface area (Å²) in [5, 5.41) is 13.1. The Morgan fingerprint density at radius 2 is 1.97 bits per heavy atom. The van der Waals surface area contributed by atoms with Crippen LogP contribution in [-0.4, -0.2) is 49.1 Å². The van der Waals surface area contributed by atoms with Gasteiger partial charge in [-0.3, -0.25) is 9.69 Å². The molecule has 1 aliphatic rings. The molecule has 8 heteroatoms. The number of pyridine rings is 1. The van der Waals surface area contributed by atoms with Crippen LogP contribution >= 0.6 is 11.8 Å². The highest BCUT2D eigenvalue weighted by Crippen LogP contribution is 2.29. The van der Waals surface area contributed by atoms with Crippen molar-refractivity contribution in [2.45, 2.75) is 36.6 Å². The number of hydrogen-bond donors (Lipinski definition) is 1. The SMILES string of the molecule is CC(=O)Nc1ccc(-n2cc(CN3CCC(Sc4ccccn4)CC3)nn2)cc1. The minimum atomic E-state index is -0.0806. The zero-order chi connectivity index (χ0) is 20.1. The van der Waals surface area contributed by atoms with Crippen molar-refractivity contribution in [3.8, 4) is 5.69 Å². The molecule has 29 heavy (non-hydrogen) atoms. The van der Waals surface area contributed by atoms with E-state index < -0.39 is 0 Å². The van der Waals surface area contributed by atoms with Gasteiger partial charge in [-0.15, -0.1) is 16.9 Å². The van der Waals surface area contributed by atoms with Crippen LogP contribution in [0.15, 0.2) is 59.9 Å². The predicted molar refractivity (Wildman–Crippen MR) is 114 cm³/mol. The molecule has 7 nitrogen and oxygen atoms in total. The fourth-order valence-corrected chi connectivity index (χ4v) is 4.47. The van der Waals surface area contributed by atoms with Crippen molar-refractivity contribution < 1.29 is 4.79 Å². The van der Waals surface area contributed by atoms with Crippen LogP contribution in [0.4, 0.5) is 5.69 Å². The molecule has 0 atom stereocenters. The molecule has 0 bridgehead atoms.